The molecule has 0 radical (unpaired) electrons. The second-order valence-electron chi connectivity index (χ2n) is 2.91. The lowest BCUT2D eigenvalue weighted by molar-refractivity contribution is 1.03. The highest BCUT2D eigenvalue weighted by Crippen LogP contribution is 1.93. The third kappa shape index (κ3) is 2.94. The Morgan fingerprint density at radius 2 is 2.29 bits per heavy atom. The van der Waals surface area contributed by atoms with Crippen LogP contribution in [0.3, 0.4) is 0 Å². The van der Waals surface area contributed by atoms with E-state index in [2.05, 4.69) is 52.4 Å². The van der Waals surface area contributed by atoms with E-state index in [0.717, 1.165) is 21.9 Å². The van der Waals surface area contributed by atoms with E-state index in [1.165, 1.54) is 5.22 Å². The van der Waals surface area contributed by atoms with E-state index < -0.39 is 0 Å². The number of pyridine rings is 1. The van der Waals surface area contributed by atoms with Crippen LogP contribution >= 0.6 is 22.6 Å². The van der Waals surface area contributed by atoms with Crippen molar-refractivity contribution >= 4 is 34.7 Å². The van der Waals surface area contributed by atoms with Crippen LogP contribution in [0.1, 0.15) is 12.6 Å². The summed E-state index contributed by atoms with van der Waals surface area (Å²) in [5.74, 6) is 0. The van der Waals surface area contributed by atoms with Gasteiger partial charge in [-0.25, -0.2) is 0 Å². The average Bonchev–Trinajstić information content (AvgIpc) is 2.19. The Balaban J connectivity index is 3.29. The van der Waals surface area contributed by atoms with E-state index >= 15 is 0 Å². The highest BCUT2D eigenvalue weighted by atomic mass is 127. The van der Waals surface area contributed by atoms with Crippen LogP contribution in [-0.2, 0) is 6.42 Å². The number of halogens is 1. The maximum atomic E-state index is 4.56. The molecule has 1 heterocycles. The van der Waals surface area contributed by atoms with Gasteiger partial charge in [0.25, 0.3) is 0 Å². The van der Waals surface area contributed by atoms with Crippen LogP contribution < -0.4 is 10.6 Å². The Labute approximate surface area is 98.4 Å². The van der Waals surface area contributed by atoms with Gasteiger partial charge in [0.15, 0.2) is 0 Å². The molecule has 1 rings (SSSR count). The summed E-state index contributed by atoms with van der Waals surface area (Å²) in [6.07, 6.45) is 6.83. The summed E-state index contributed by atoms with van der Waals surface area (Å²) in [6, 6.07) is 4.21. The second-order valence-corrected chi connectivity index (χ2v) is 3.99. The molecule has 0 saturated carbocycles. The molecular formula is C12H14IN. The van der Waals surface area contributed by atoms with Gasteiger partial charge in [0, 0.05) is 10.1 Å². The van der Waals surface area contributed by atoms with Gasteiger partial charge in [0.2, 0.25) is 0 Å². The van der Waals surface area contributed by atoms with Crippen molar-refractivity contribution in [1.29, 1.82) is 0 Å². The summed E-state index contributed by atoms with van der Waals surface area (Å²) in [5.41, 5.74) is 1.15. The van der Waals surface area contributed by atoms with Gasteiger partial charge in [0.1, 0.15) is 0 Å². The minimum absolute atomic E-state index is 1.02. The van der Waals surface area contributed by atoms with Crippen molar-refractivity contribution in [3.05, 3.63) is 41.0 Å². The molecule has 2 heteroatoms. The summed E-state index contributed by atoms with van der Waals surface area (Å²) in [7, 11) is 0. The monoisotopic (exact) mass is 299 g/mol. The molecule has 0 aliphatic rings. The van der Waals surface area contributed by atoms with Gasteiger partial charge in [-0.05, 0) is 30.7 Å². The fraction of sp³-hybridized carbons (Fsp3) is 0.250. The van der Waals surface area contributed by atoms with Crippen LogP contribution in [-0.4, -0.2) is 9.41 Å². The summed E-state index contributed by atoms with van der Waals surface area (Å²) < 4.78 is 1.10. The number of hydrogen-bond donors (Lipinski definition) is 0. The first-order valence-corrected chi connectivity index (χ1v) is 6.15. The fourth-order valence-electron chi connectivity index (χ4n) is 1.25. The summed E-state index contributed by atoms with van der Waals surface area (Å²) in [4.78, 5) is 4.56. The third-order valence-electron chi connectivity index (χ3n) is 1.95. The molecule has 1 nitrogen and oxygen atoms in total. The van der Waals surface area contributed by atoms with E-state index in [1.807, 2.05) is 13.0 Å². The van der Waals surface area contributed by atoms with Crippen molar-refractivity contribution in [3.8, 4) is 0 Å². The van der Waals surface area contributed by atoms with Crippen LogP contribution in [0, 0.1) is 0 Å². The van der Waals surface area contributed by atoms with E-state index in [0.29, 0.717) is 0 Å². The van der Waals surface area contributed by atoms with Crippen molar-refractivity contribution < 1.29 is 0 Å². The number of hydrogen-bond acceptors (Lipinski definition) is 1. The predicted molar refractivity (Wildman–Crippen MR) is 70.9 cm³/mol. The molecular weight excluding hydrogens is 285 g/mol. The SMILES string of the molecule is C=C/C=c1/nc(CCI)cc/c1=C/C. The fourth-order valence-corrected chi connectivity index (χ4v) is 1.81. The molecule has 14 heavy (non-hydrogen) atoms. The normalized spacial score (nSPS) is 13.3. The van der Waals surface area contributed by atoms with Gasteiger partial charge >= 0.3 is 0 Å². The van der Waals surface area contributed by atoms with Crippen molar-refractivity contribution in [3.63, 3.8) is 0 Å². The zero-order valence-corrected chi connectivity index (χ0v) is 10.5. The van der Waals surface area contributed by atoms with Gasteiger partial charge in [-0.3, -0.25) is 4.98 Å². The van der Waals surface area contributed by atoms with Crippen LogP contribution in [0.15, 0.2) is 24.8 Å². The Bertz CT molecular complexity index is 420. The van der Waals surface area contributed by atoms with Crippen molar-refractivity contribution in [2.75, 3.05) is 4.43 Å². The molecule has 0 aromatic carbocycles. The molecule has 0 bridgehead atoms. The zero-order chi connectivity index (χ0) is 10.4. The third-order valence-corrected chi connectivity index (χ3v) is 2.49. The van der Waals surface area contributed by atoms with Crippen molar-refractivity contribution in [2.24, 2.45) is 0 Å². The maximum Gasteiger partial charge on any atom is 0.0701 e. The molecule has 74 valence electrons. The first kappa shape index (κ1) is 11.4. The molecule has 0 saturated heterocycles. The van der Waals surface area contributed by atoms with Gasteiger partial charge in [-0.1, -0.05) is 47.4 Å². The molecule has 0 amide bonds. The van der Waals surface area contributed by atoms with E-state index in [-0.39, 0.29) is 0 Å². The van der Waals surface area contributed by atoms with Gasteiger partial charge in [-0.15, -0.1) is 0 Å². The first-order valence-electron chi connectivity index (χ1n) is 4.62. The van der Waals surface area contributed by atoms with Crippen LogP contribution in [0.5, 0.6) is 0 Å². The average molecular weight is 299 g/mol. The standard InChI is InChI=1S/C12H14IN/c1-3-5-12-10(4-2)6-7-11(14-12)8-9-13/h3-7H,1,8-9H2,2H3/b10-4-,12-5+. The smallest absolute Gasteiger partial charge is 0.0701 e. The van der Waals surface area contributed by atoms with Gasteiger partial charge in [-0.2, -0.15) is 0 Å². The predicted octanol–water partition coefficient (Wildman–Crippen LogP) is 1.83. The largest absolute Gasteiger partial charge is 0.253 e. The Morgan fingerprint density at radius 3 is 2.86 bits per heavy atom. The van der Waals surface area contributed by atoms with Crippen LogP contribution in [0.25, 0.3) is 12.2 Å². The zero-order valence-electron chi connectivity index (χ0n) is 8.33. The molecule has 1 aromatic rings. The quantitative estimate of drug-likeness (QED) is 0.613. The Morgan fingerprint density at radius 1 is 1.50 bits per heavy atom. The summed E-state index contributed by atoms with van der Waals surface area (Å²) in [5, 5.41) is 2.19. The van der Waals surface area contributed by atoms with E-state index in [4.69, 9.17) is 0 Å². The number of allylic oxidation sites excluding steroid dienone is 1. The van der Waals surface area contributed by atoms with Crippen LogP contribution in [0.4, 0.5) is 0 Å². The number of aromatic nitrogens is 1. The minimum Gasteiger partial charge on any atom is -0.253 e. The lowest BCUT2D eigenvalue weighted by Gasteiger charge is -1.96. The molecule has 0 atom stereocenters. The maximum absolute atomic E-state index is 4.56. The Hall–Kier alpha value is -0.640. The van der Waals surface area contributed by atoms with E-state index in [1.54, 1.807) is 6.08 Å². The molecule has 0 unspecified atom stereocenters. The second kappa shape index (κ2) is 5.96. The van der Waals surface area contributed by atoms with E-state index in [9.17, 15) is 0 Å². The summed E-state index contributed by atoms with van der Waals surface area (Å²) >= 11 is 2.36. The molecule has 0 fully saturated rings. The number of rotatable bonds is 3. The van der Waals surface area contributed by atoms with Crippen molar-refractivity contribution in [2.45, 2.75) is 13.3 Å². The number of nitrogens with zero attached hydrogens (tertiary/aromatic N) is 1. The van der Waals surface area contributed by atoms with Crippen molar-refractivity contribution in [1.82, 2.24) is 4.98 Å². The topological polar surface area (TPSA) is 12.9 Å². The molecule has 1 aromatic heterocycles. The molecule has 0 spiro atoms. The lowest BCUT2D eigenvalue weighted by Crippen LogP contribution is -2.28. The first-order chi connectivity index (χ1) is 6.81. The minimum atomic E-state index is 1.02. The lowest BCUT2D eigenvalue weighted by atomic mass is 10.2. The summed E-state index contributed by atoms with van der Waals surface area (Å²) in [6.45, 7) is 5.72. The van der Waals surface area contributed by atoms with Gasteiger partial charge < -0.3 is 0 Å². The number of aryl methyl sites for hydroxylation is 1. The number of alkyl halides is 1. The molecule has 0 N–H and O–H groups in total. The highest BCUT2D eigenvalue weighted by molar-refractivity contribution is 14.1. The molecule has 0 aliphatic carbocycles. The highest BCUT2D eigenvalue weighted by Gasteiger charge is 1.92. The van der Waals surface area contributed by atoms with Crippen LogP contribution in [0.2, 0.25) is 0 Å². The molecule has 0 aliphatic heterocycles. The van der Waals surface area contributed by atoms with Gasteiger partial charge in [0.05, 0.1) is 5.35 Å². The Kier molecular flexibility index (Phi) is 4.87.